The van der Waals surface area contributed by atoms with Gasteiger partial charge in [0.15, 0.2) is 0 Å². The predicted octanol–water partition coefficient (Wildman–Crippen LogP) is 7.19. The smallest absolute Gasteiger partial charge is 0.240 e. The highest BCUT2D eigenvalue weighted by Gasteiger charge is 2.70. The molecule has 0 aliphatic rings. The molecule has 0 aliphatic heterocycles. The third-order valence-electron chi connectivity index (χ3n) is 5.16. The van der Waals surface area contributed by atoms with Gasteiger partial charge in [0.25, 0.3) is 0 Å². The van der Waals surface area contributed by atoms with Crippen LogP contribution in [0.15, 0.2) is 35.2 Å². The highest BCUT2D eigenvalue weighted by Crippen LogP contribution is 2.63. The van der Waals surface area contributed by atoms with Crippen LogP contribution in [0, 0.1) is 0 Å². The van der Waals surface area contributed by atoms with Gasteiger partial charge in [-0.2, -0.15) is 11.2 Å². The lowest BCUT2D eigenvalue weighted by molar-refractivity contribution is 0.776. The standard InChI is InChI=1S/C17H35FSSi4/c1-20(2,3)17(21(4,5)6,22(7,8)18)23(9,10)19-16-14-12-11-13-15-16/h11-15H,1-10H3. The molecule has 1 aromatic carbocycles. The number of halogens is 1. The summed E-state index contributed by atoms with van der Waals surface area (Å²) in [5.41, 5.74) is 0. The second-order valence-corrected chi connectivity index (χ2v) is 35.0. The molecule has 0 unspecified atom stereocenters. The minimum atomic E-state index is -2.83. The van der Waals surface area contributed by atoms with Crippen LogP contribution in [0.2, 0.25) is 69.4 Å². The maximum Gasteiger partial charge on any atom is 0.240 e. The highest BCUT2D eigenvalue weighted by atomic mass is 32.4. The largest absolute Gasteiger partial charge is 0.315 e. The van der Waals surface area contributed by atoms with E-state index >= 15 is 4.11 Å². The number of benzene rings is 1. The zero-order valence-electron chi connectivity index (χ0n) is 16.7. The van der Waals surface area contributed by atoms with Crippen molar-refractivity contribution in [2.24, 2.45) is 0 Å². The molecule has 0 N–H and O–H groups in total. The first-order valence-electron chi connectivity index (χ1n) is 8.51. The van der Waals surface area contributed by atoms with Crippen LogP contribution >= 0.6 is 11.2 Å². The van der Waals surface area contributed by atoms with E-state index in [-0.39, 0.29) is 3.91 Å². The molecule has 0 fully saturated rings. The van der Waals surface area contributed by atoms with Crippen LogP contribution in [0.3, 0.4) is 0 Å². The molecule has 0 aromatic heterocycles. The molecule has 0 bridgehead atoms. The zero-order chi connectivity index (χ0) is 18.3. The van der Waals surface area contributed by atoms with Gasteiger partial charge in [-0.1, -0.05) is 70.6 Å². The van der Waals surface area contributed by atoms with Gasteiger partial charge < -0.3 is 4.11 Å². The minimum Gasteiger partial charge on any atom is -0.315 e. The first-order valence-corrected chi connectivity index (χ1v) is 22.9. The summed E-state index contributed by atoms with van der Waals surface area (Å²) >= 11 is 2.04. The summed E-state index contributed by atoms with van der Waals surface area (Å²) in [6, 6.07) is 10.7. The predicted molar refractivity (Wildman–Crippen MR) is 118 cm³/mol. The molecule has 0 nitrogen and oxygen atoms in total. The highest BCUT2D eigenvalue weighted by molar-refractivity contribution is 8.30. The minimum absolute atomic E-state index is 0.0144. The van der Waals surface area contributed by atoms with Crippen LogP contribution in [-0.4, -0.2) is 31.8 Å². The topological polar surface area (TPSA) is 0 Å². The van der Waals surface area contributed by atoms with E-state index in [2.05, 4.69) is 82.7 Å². The van der Waals surface area contributed by atoms with Crippen molar-refractivity contribution < 1.29 is 4.11 Å². The molecule has 132 valence electrons. The van der Waals surface area contributed by atoms with Gasteiger partial charge in [0.2, 0.25) is 8.41 Å². The average molecular weight is 403 g/mol. The van der Waals surface area contributed by atoms with Crippen molar-refractivity contribution in [3.63, 3.8) is 0 Å². The molecule has 0 aliphatic carbocycles. The Labute approximate surface area is 151 Å². The van der Waals surface area contributed by atoms with Crippen LogP contribution in [0.5, 0.6) is 0 Å². The lowest BCUT2D eigenvalue weighted by Gasteiger charge is -2.63. The van der Waals surface area contributed by atoms with Crippen molar-refractivity contribution >= 4 is 43.0 Å². The van der Waals surface area contributed by atoms with Crippen molar-refractivity contribution in [2.45, 2.75) is 74.3 Å². The van der Waals surface area contributed by atoms with E-state index in [9.17, 15) is 0 Å². The van der Waals surface area contributed by atoms with Crippen LogP contribution in [-0.2, 0) is 0 Å². The Morgan fingerprint density at radius 2 is 1.13 bits per heavy atom. The Morgan fingerprint density at radius 3 is 1.43 bits per heavy atom. The molecule has 1 rings (SSSR count). The summed E-state index contributed by atoms with van der Waals surface area (Å²) in [4.78, 5) is 1.32. The molecule has 0 saturated heterocycles. The van der Waals surface area contributed by atoms with Crippen LogP contribution in [0.4, 0.5) is 4.11 Å². The molecule has 1 aromatic rings. The van der Waals surface area contributed by atoms with Crippen LogP contribution < -0.4 is 0 Å². The van der Waals surface area contributed by atoms with Crippen molar-refractivity contribution in [1.82, 2.24) is 0 Å². The summed E-state index contributed by atoms with van der Waals surface area (Å²) < 4.78 is 16.1. The second-order valence-electron chi connectivity index (χ2n) is 9.65. The summed E-state index contributed by atoms with van der Waals surface area (Å²) in [5, 5.41) is 0. The van der Waals surface area contributed by atoms with Crippen molar-refractivity contribution in [2.75, 3.05) is 0 Å². The molecule has 0 amide bonds. The number of hydrogen-bond donors (Lipinski definition) is 0. The van der Waals surface area contributed by atoms with Gasteiger partial charge in [-0.3, -0.25) is 0 Å². The monoisotopic (exact) mass is 402 g/mol. The van der Waals surface area contributed by atoms with E-state index in [1.807, 2.05) is 24.3 Å². The molecule has 0 radical (unpaired) electrons. The van der Waals surface area contributed by atoms with Gasteiger partial charge in [0.1, 0.15) is 7.22 Å². The molecule has 0 saturated carbocycles. The van der Waals surface area contributed by atoms with E-state index in [1.165, 1.54) is 4.90 Å². The van der Waals surface area contributed by atoms with Crippen molar-refractivity contribution in [3.8, 4) is 0 Å². The van der Waals surface area contributed by atoms with Crippen molar-refractivity contribution in [1.29, 1.82) is 0 Å². The summed E-state index contributed by atoms with van der Waals surface area (Å²) in [6.45, 7) is 23.5. The van der Waals surface area contributed by atoms with Gasteiger partial charge in [-0.25, -0.2) is 0 Å². The Kier molecular flexibility index (Phi) is 6.13. The molecule has 0 heterocycles. The lowest BCUT2D eigenvalue weighted by atomic mass is 10.4. The van der Waals surface area contributed by atoms with Gasteiger partial charge in [0, 0.05) is 21.0 Å². The van der Waals surface area contributed by atoms with Crippen LogP contribution in [0.25, 0.3) is 0 Å². The van der Waals surface area contributed by atoms with Gasteiger partial charge in [-0.15, -0.1) is 0 Å². The number of hydrogen-bond acceptors (Lipinski definition) is 1. The van der Waals surface area contributed by atoms with Gasteiger partial charge >= 0.3 is 0 Å². The fourth-order valence-electron chi connectivity index (χ4n) is 6.29. The third-order valence-corrected chi connectivity index (χ3v) is 43.5. The number of rotatable bonds is 6. The van der Waals surface area contributed by atoms with E-state index in [4.69, 9.17) is 0 Å². The van der Waals surface area contributed by atoms with Gasteiger partial charge in [-0.05, 0) is 29.1 Å². The van der Waals surface area contributed by atoms with E-state index in [0.29, 0.717) is 0 Å². The summed E-state index contributed by atoms with van der Waals surface area (Å²) in [5.74, 6) is 0. The SMILES string of the molecule is C[Si](C)(C)C([Si](C)(C)C)([Si](C)(C)F)[Si](C)(C)Sc1ccccc1. The molecule has 6 heteroatoms. The molecule has 23 heavy (non-hydrogen) atoms. The summed E-state index contributed by atoms with van der Waals surface area (Å²) in [6.07, 6.45) is 0. The maximum atomic E-state index is 16.1. The fraction of sp³-hybridized carbons (Fsp3) is 0.647. The second kappa shape index (κ2) is 6.59. The Morgan fingerprint density at radius 1 is 0.739 bits per heavy atom. The normalized spacial score (nSPS) is 14.9. The average Bonchev–Trinajstić information content (AvgIpc) is 2.22. The van der Waals surface area contributed by atoms with E-state index in [0.717, 1.165) is 0 Å². The van der Waals surface area contributed by atoms with Crippen LogP contribution in [0.1, 0.15) is 0 Å². The van der Waals surface area contributed by atoms with Gasteiger partial charge in [0.05, 0.1) is 0 Å². The molecule has 0 atom stereocenters. The Balaban J connectivity index is 3.62. The first-order chi connectivity index (χ1) is 10.1. The lowest BCUT2D eigenvalue weighted by Crippen LogP contribution is -2.74. The quantitative estimate of drug-likeness (QED) is 0.358. The maximum absolute atomic E-state index is 16.1. The fourth-order valence-corrected chi connectivity index (χ4v) is 62.5. The molecular weight excluding hydrogens is 368 g/mol. The first kappa shape index (κ1) is 21.4. The Bertz CT molecular complexity index is 488. The zero-order valence-corrected chi connectivity index (χ0v) is 21.5. The van der Waals surface area contributed by atoms with Crippen molar-refractivity contribution in [3.05, 3.63) is 30.3 Å². The third kappa shape index (κ3) is 3.81. The van der Waals surface area contributed by atoms with E-state index in [1.54, 1.807) is 0 Å². The molecule has 0 spiro atoms. The molecular formula is C17H35FSSi4. The van der Waals surface area contributed by atoms with E-state index < -0.39 is 31.8 Å². The Hall–Kier alpha value is 0.368. The summed E-state index contributed by atoms with van der Waals surface area (Å²) in [7, 11) is -8.15.